The Morgan fingerprint density at radius 1 is 1.00 bits per heavy atom. The third kappa shape index (κ3) is 4.85. The lowest BCUT2D eigenvalue weighted by molar-refractivity contribution is -0.177. The lowest BCUT2D eigenvalue weighted by atomic mass is 9.53. The van der Waals surface area contributed by atoms with E-state index < -0.39 is 40.9 Å². The first-order chi connectivity index (χ1) is 17.7. The quantitative estimate of drug-likeness (QED) is 0.188. The number of Topliss-reactive ketones (excluding diaryl/α,β-unsaturated/α-hetero) is 1. The molecule has 7 nitrogen and oxygen atoms in total. The van der Waals surface area contributed by atoms with Crippen molar-refractivity contribution in [1.82, 2.24) is 0 Å². The molecule has 0 amide bonds. The minimum absolute atomic E-state index is 0.175. The van der Waals surface area contributed by atoms with Gasteiger partial charge in [0.05, 0.1) is 12.7 Å². The topological polar surface area (TPSA) is 96.0 Å². The number of methoxy groups -OCH3 is 1. The Balaban J connectivity index is 1.61. The Kier molecular flexibility index (Phi) is 7.91. The second-order valence-corrected chi connectivity index (χ2v) is 11.2. The Bertz CT molecular complexity index is 1060. The van der Waals surface area contributed by atoms with Gasteiger partial charge >= 0.3 is 17.9 Å². The molecule has 0 spiro atoms. The lowest BCUT2D eigenvalue weighted by Crippen LogP contribution is -2.61. The zero-order valence-corrected chi connectivity index (χ0v) is 22.2. The molecule has 4 aliphatic carbocycles. The molecule has 1 aromatic rings. The van der Waals surface area contributed by atoms with Crippen molar-refractivity contribution in [3.63, 3.8) is 0 Å². The minimum Gasteiger partial charge on any atom is -0.468 e. The summed E-state index contributed by atoms with van der Waals surface area (Å²) >= 11 is 0. The van der Waals surface area contributed by atoms with Crippen LogP contribution in [0.15, 0.2) is 42.5 Å². The number of ether oxygens (including phenoxy) is 3. The maximum absolute atomic E-state index is 13.6. The summed E-state index contributed by atoms with van der Waals surface area (Å²) in [5.74, 6) is -2.69. The molecule has 0 unspecified atom stereocenters. The summed E-state index contributed by atoms with van der Waals surface area (Å²) in [4.78, 5) is 52.5. The van der Waals surface area contributed by atoms with Crippen LogP contribution in [0.3, 0.4) is 0 Å². The Hall–Kier alpha value is -2.96. The van der Waals surface area contributed by atoms with Crippen LogP contribution >= 0.6 is 0 Å². The number of ketones is 1. The summed E-state index contributed by atoms with van der Waals surface area (Å²) in [5.41, 5.74) is -1.68. The van der Waals surface area contributed by atoms with Crippen molar-refractivity contribution in [2.45, 2.75) is 77.9 Å². The second-order valence-electron chi connectivity index (χ2n) is 11.2. The van der Waals surface area contributed by atoms with Crippen LogP contribution in [0.1, 0.15) is 76.1 Å². The normalized spacial score (nSPS) is 33.6. The number of hydrogen-bond acceptors (Lipinski definition) is 7. The average molecular weight is 511 g/mol. The zero-order valence-electron chi connectivity index (χ0n) is 22.2. The molecule has 2 bridgehead atoms. The fourth-order valence-electron chi connectivity index (χ4n) is 6.75. The highest BCUT2D eigenvalue weighted by Crippen LogP contribution is 2.64. The number of carbonyl (C=O) groups is 4. The van der Waals surface area contributed by atoms with E-state index in [9.17, 15) is 19.2 Å². The van der Waals surface area contributed by atoms with E-state index in [2.05, 4.69) is 6.92 Å². The van der Waals surface area contributed by atoms with Crippen molar-refractivity contribution in [2.24, 2.45) is 28.6 Å². The van der Waals surface area contributed by atoms with Crippen LogP contribution < -0.4 is 0 Å². The van der Waals surface area contributed by atoms with E-state index in [-0.39, 0.29) is 30.0 Å². The number of fused-ring (bicyclic) bond motifs is 1. The van der Waals surface area contributed by atoms with Crippen LogP contribution in [0.5, 0.6) is 0 Å². The van der Waals surface area contributed by atoms with Gasteiger partial charge in [0.2, 0.25) is 0 Å². The van der Waals surface area contributed by atoms with Gasteiger partial charge in [-0.25, -0.2) is 4.79 Å². The van der Waals surface area contributed by atoms with E-state index in [0.717, 1.165) is 32.1 Å². The van der Waals surface area contributed by atoms with Crippen LogP contribution in [0.2, 0.25) is 0 Å². The zero-order chi connectivity index (χ0) is 26.8. The van der Waals surface area contributed by atoms with Crippen molar-refractivity contribution < 1.29 is 33.4 Å². The van der Waals surface area contributed by atoms with Crippen molar-refractivity contribution in [3.8, 4) is 0 Å². The predicted octanol–water partition coefficient (Wildman–Crippen LogP) is 5.07. The maximum atomic E-state index is 13.6. The molecular formula is C30H38O7. The van der Waals surface area contributed by atoms with Gasteiger partial charge in [-0.2, -0.15) is 0 Å². The summed E-state index contributed by atoms with van der Waals surface area (Å²) in [6, 6.07) is 8.56. The van der Waals surface area contributed by atoms with E-state index in [1.165, 1.54) is 7.11 Å². The van der Waals surface area contributed by atoms with Crippen LogP contribution in [0.25, 0.3) is 0 Å². The highest BCUT2D eigenvalue weighted by atomic mass is 16.6. The van der Waals surface area contributed by atoms with Gasteiger partial charge in [-0.05, 0) is 37.8 Å². The molecule has 0 heterocycles. The minimum atomic E-state index is -1.11. The first-order valence-electron chi connectivity index (χ1n) is 13.4. The molecule has 7 heteroatoms. The summed E-state index contributed by atoms with van der Waals surface area (Å²) in [7, 11) is 1.33. The van der Waals surface area contributed by atoms with Crippen molar-refractivity contribution >= 4 is 23.7 Å². The first kappa shape index (κ1) is 27.1. The summed E-state index contributed by atoms with van der Waals surface area (Å²) in [6.07, 6.45) is 7.57. The largest absolute Gasteiger partial charge is 0.468 e. The number of hydrogen-bond donors (Lipinski definition) is 0. The SMILES string of the molecule is CCCCCCCC(=O)O[C@@H]1[C@@H]2[C@H](C[C@@]1(C)C(=O)OC)[C@@H]1C=C[C@@]2(C)[C@@H](OC(=O)c2ccccc2)C1=O. The number of carbonyl (C=O) groups excluding carboxylic acids is 4. The molecule has 2 saturated carbocycles. The monoisotopic (exact) mass is 510 g/mol. The van der Waals surface area contributed by atoms with E-state index in [0.29, 0.717) is 12.0 Å². The Labute approximate surface area is 218 Å². The highest BCUT2D eigenvalue weighted by Gasteiger charge is 2.71. The molecule has 0 N–H and O–H groups in total. The molecule has 0 saturated heterocycles. The van der Waals surface area contributed by atoms with Crippen LogP contribution in [-0.4, -0.2) is 43.0 Å². The molecule has 0 aromatic heterocycles. The number of unbranched alkanes of at least 4 members (excludes halogenated alkanes) is 4. The molecule has 1 aromatic carbocycles. The smallest absolute Gasteiger partial charge is 0.338 e. The Morgan fingerprint density at radius 2 is 1.70 bits per heavy atom. The molecule has 2 fully saturated rings. The van der Waals surface area contributed by atoms with Gasteiger partial charge in [0.25, 0.3) is 0 Å². The summed E-state index contributed by atoms with van der Waals surface area (Å²) < 4.78 is 17.1. The van der Waals surface area contributed by atoms with Crippen molar-refractivity contribution in [1.29, 1.82) is 0 Å². The number of esters is 3. The molecule has 37 heavy (non-hydrogen) atoms. The fourth-order valence-corrected chi connectivity index (χ4v) is 6.75. The van der Waals surface area contributed by atoms with E-state index in [4.69, 9.17) is 14.2 Å². The first-order valence-corrected chi connectivity index (χ1v) is 13.4. The van der Waals surface area contributed by atoms with Gasteiger partial charge < -0.3 is 14.2 Å². The number of benzene rings is 1. The fraction of sp³-hybridized carbons (Fsp3) is 0.600. The summed E-state index contributed by atoms with van der Waals surface area (Å²) in [5, 5.41) is 0. The van der Waals surface area contributed by atoms with Gasteiger partial charge in [-0.15, -0.1) is 0 Å². The van der Waals surface area contributed by atoms with Gasteiger partial charge in [-0.1, -0.05) is 69.9 Å². The number of allylic oxidation sites excluding steroid dienone is 1. The summed E-state index contributed by atoms with van der Waals surface area (Å²) in [6.45, 7) is 5.76. The van der Waals surface area contributed by atoms with Crippen LogP contribution in [0.4, 0.5) is 0 Å². The van der Waals surface area contributed by atoms with Gasteiger partial charge in [0.1, 0.15) is 11.5 Å². The Morgan fingerprint density at radius 3 is 2.38 bits per heavy atom. The van der Waals surface area contributed by atoms with E-state index >= 15 is 0 Å². The third-order valence-corrected chi connectivity index (χ3v) is 8.70. The molecule has 200 valence electrons. The van der Waals surface area contributed by atoms with Crippen molar-refractivity contribution in [3.05, 3.63) is 48.0 Å². The van der Waals surface area contributed by atoms with Gasteiger partial charge in [-0.3, -0.25) is 14.4 Å². The van der Waals surface area contributed by atoms with Crippen LogP contribution in [-0.2, 0) is 28.6 Å². The number of rotatable bonds is 10. The third-order valence-electron chi connectivity index (χ3n) is 8.70. The van der Waals surface area contributed by atoms with E-state index in [1.807, 2.05) is 19.1 Å². The maximum Gasteiger partial charge on any atom is 0.338 e. The molecule has 4 aliphatic rings. The second kappa shape index (κ2) is 10.8. The molecule has 7 atom stereocenters. The van der Waals surface area contributed by atoms with Gasteiger partial charge in [0.15, 0.2) is 11.9 Å². The van der Waals surface area contributed by atoms with Crippen LogP contribution in [0, 0.1) is 28.6 Å². The van der Waals surface area contributed by atoms with Crippen molar-refractivity contribution in [2.75, 3.05) is 7.11 Å². The van der Waals surface area contributed by atoms with Gasteiger partial charge in [0, 0.05) is 23.7 Å². The highest BCUT2D eigenvalue weighted by molar-refractivity contribution is 5.96. The lowest BCUT2D eigenvalue weighted by Gasteiger charge is -2.52. The van der Waals surface area contributed by atoms with E-state index in [1.54, 1.807) is 37.3 Å². The molecule has 5 rings (SSSR count). The standard InChI is InChI=1S/C30H38O7/c1-5-6-7-8-12-15-22(31)36-25-23-21(18-30(25,3)28(34)35-4)20-16-17-29(23,2)26(24(20)32)37-27(33)19-13-10-9-11-14-19/h9-11,13-14,16-17,20-21,23,25-26H,5-8,12,15,18H2,1-4H3/t20-,21+,23-,25+,26-,29+,30+/m0/s1. The molecule has 0 aliphatic heterocycles. The molecular weight excluding hydrogens is 472 g/mol. The molecule has 0 radical (unpaired) electrons. The average Bonchev–Trinajstić information content (AvgIpc) is 3.20. The predicted molar refractivity (Wildman–Crippen MR) is 136 cm³/mol.